The van der Waals surface area contributed by atoms with E-state index in [1.807, 2.05) is 12.1 Å². The molecule has 2 aromatic rings. The van der Waals surface area contributed by atoms with Crippen molar-refractivity contribution in [3.63, 3.8) is 0 Å². The van der Waals surface area contributed by atoms with Crippen molar-refractivity contribution in [2.45, 2.75) is 59.9 Å². The fraction of sp³-hybridized carbons (Fsp3) is 0.480. The van der Waals surface area contributed by atoms with Gasteiger partial charge < -0.3 is 5.73 Å². The van der Waals surface area contributed by atoms with Gasteiger partial charge in [0.15, 0.2) is 0 Å². The first-order valence-corrected chi connectivity index (χ1v) is 11.6. The molecule has 0 spiro atoms. The lowest BCUT2D eigenvalue weighted by molar-refractivity contribution is -0.191. The molecule has 1 amide bonds. The van der Waals surface area contributed by atoms with Crippen molar-refractivity contribution < 1.29 is 19.2 Å². The van der Waals surface area contributed by atoms with Crippen molar-refractivity contribution in [1.82, 2.24) is 4.90 Å². The normalized spacial score (nSPS) is 13.5. The summed E-state index contributed by atoms with van der Waals surface area (Å²) >= 11 is 1.59. The van der Waals surface area contributed by atoms with Gasteiger partial charge in [0.1, 0.15) is 5.78 Å². The first-order chi connectivity index (χ1) is 15.1. The third-order valence-electron chi connectivity index (χ3n) is 5.42. The second-order valence-electron chi connectivity index (χ2n) is 9.31. The lowest BCUT2D eigenvalue weighted by atomic mass is 9.88. The van der Waals surface area contributed by atoms with Crippen LogP contribution in [0.5, 0.6) is 0 Å². The predicted octanol–water partition coefficient (Wildman–Crippen LogP) is 3.58. The van der Waals surface area contributed by atoms with Gasteiger partial charge in [0.05, 0.1) is 5.56 Å². The van der Waals surface area contributed by atoms with E-state index in [0.29, 0.717) is 12.0 Å². The number of nitrogens with two attached hydrogens (primary N) is 1. The zero-order valence-electron chi connectivity index (χ0n) is 19.3. The molecule has 0 atom stereocenters. The van der Waals surface area contributed by atoms with Crippen molar-refractivity contribution in [2.24, 2.45) is 11.1 Å². The maximum Gasteiger partial charge on any atom is 0.373 e. The average molecular weight is 457 g/mol. The quantitative estimate of drug-likeness (QED) is 0.687. The van der Waals surface area contributed by atoms with Gasteiger partial charge in [-0.05, 0) is 41.5 Å². The molecule has 0 unspecified atom stereocenters. The van der Waals surface area contributed by atoms with Crippen LogP contribution >= 0.6 is 11.3 Å². The van der Waals surface area contributed by atoms with E-state index in [9.17, 15) is 9.59 Å². The molecule has 7 heteroatoms. The lowest BCUT2D eigenvalue weighted by Crippen LogP contribution is -2.30. The summed E-state index contributed by atoms with van der Waals surface area (Å²) in [5.74, 6) is -0.274. The smallest absolute Gasteiger partial charge is 0.366 e. The number of hydrogen-bond acceptors (Lipinski definition) is 6. The van der Waals surface area contributed by atoms with Gasteiger partial charge in [-0.15, -0.1) is 11.3 Å². The number of nitrogens with zero attached hydrogens (tertiary/aromatic N) is 1. The zero-order valence-corrected chi connectivity index (χ0v) is 20.1. The number of primary amides is 1. The monoisotopic (exact) mass is 456 g/mol. The van der Waals surface area contributed by atoms with Crippen LogP contribution in [0.25, 0.3) is 0 Å². The minimum atomic E-state index is -0.401. The molecule has 172 valence electrons. The highest BCUT2D eigenvalue weighted by Gasteiger charge is 2.27. The molecule has 32 heavy (non-hydrogen) atoms. The number of amides is 1. The summed E-state index contributed by atoms with van der Waals surface area (Å²) in [5.41, 5.74) is 9.92. The van der Waals surface area contributed by atoms with Crippen molar-refractivity contribution in [1.29, 1.82) is 0 Å². The molecule has 0 radical (unpaired) electrons. The number of carbonyl (C=O) groups excluding carboxylic acids is 4. The van der Waals surface area contributed by atoms with Gasteiger partial charge in [0.25, 0.3) is 0 Å². The van der Waals surface area contributed by atoms with Crippen LogP contribution in [0.2, 0.25) is 0 Å². The molecule has 0 fully saturated rings. The molecule has 0 saturated carbocycles. The van der Waals surface area contributed by atoms with Crippen LogP contribution in [-0.4, -0.2) is 35.8 Å². The summed E-state index contributed by atoms with van der Waals surface area (Å²) in [4.78, 5) is 45.5. The number of fused-ring (bicyclic) bond motifs is 1. The summed E-state index contributed by atoms with van der Waals surface area (Å²) in [7, 11) is 0. The summed E-state index contributed by atoms with van der Waals surface area (Å²) in [6.07, 6.45) is 2.77. The highest BCUT2D eigenvalue weighted by atomic mass is 32.1. The molecule has 1 aromatic carbocycles. The molecule has 6 nitrogen and oxygen atoms in total. The van der Waals surface area contributed by atoms with Crippen molar-refractivity contribution >= 4 is 29.2 Å². The van der Waals surface area contributed by atoms with E-state index in [1.54, 1.807) is 11.3 Å². The number of ketones is 1. The molecule has 2 heterocycles. The van der Waals surface area contributed by atoms with E-state index in [2.05, 4.69) is 44.7 Å². The second-order valence-corrected chi connectivity index (χ2v) is 10.5. The molecule has 1 aliphatic rings. The van der Waals surface area contributed by atoms with Crippen LogP contribution in [0.3, 0.4) is 0 Å². The second kappa shape index (κ2) is 11.3. The Morgan fingerprint density at radius 3 is 2.22 bits per heavy atom. The lowest BCUT2D eigenvalue weighted by Gasteiger charge is -2.25. The highest BCUT2D eigenvalue weighted by molar-refractivity contribution is 7.12. The summed E-state index contributed by atoms with van der Waals surface area (Å²) in [5, 5.41) is 0. The van der Waals surface area contributed by atoms with Crippen molar-refractivity contribution in [3.8, 4) is 0 Å². The maximum atomic E-state index is 12.7. The largest absolute Gasteiger partial charge is 0.373 e. The maximum absolute atomic E-state index is 12.7. The summed E-state index contributed by atoms with van der Waals surface area (Å²) < 4.78 is 0. The molecular formula is C25H32N2O4S. The van der Waals surface area contributed by atoms with E-state index in [1.165, 1.54) is 10.4 Å². The SMILES string of the molecule is CCN1CCc2c(sc(CC(=O)Cc3ccc(CC(C)(C)C)cc3)c2C(N)=O)C1.O=C=O. The highest BCUT2D eigenvalue weighted by Crippen LogP contribution is 2.33. The molecule has 0 saturated heterocycles. The first kappa shape index (κ1) is 25.7. The molecule has 1 aliphatic heterocycles. The fourth-order valence-corrected chi connectivity index (χ4v) is 5.48. The van der Waals surface area contributed by atoms with E-state index in [4.69, 9.17) is 15.3 Å². The number of hydrogen-bond donors (Lipinski definition) is 1. The van der Waals surface area contributed by atoms with Gasteiger partial charge >= 0.3 is 6.15 Å². The number of likely N-dealkylation sites (N-methyl/N-ethyl adjacent to an activating group) is 1. The van der Waals surface area contributed by atoms with Gasteiger partial charge in [-0.1, -0.05) is 52.0 Å². The molecular weight excluding hydrogens is 424 g/mol. The minimum Gasteiger partial charge on any atom is -0.366 e. The van der Waals surface area contributed by atoms with E-state index >= 15 is 0 Å². The Bertz CT molecular complexity index is 981. The Balaban J connectivity index is 0.00000114. The number of carbonyl (C=O) groups is 2. The third-order valence-corrected chi connectivity index (χ3v) is 6.64. The molecule has 1 aromatic heterocycles. The Kier molecular flexibility index (Phi) is 9.08. The molecule has 0 aliphatic carbocycles. The van der Waals surface area contributed by atoms with Crippen LogP contribution in [0.1, 0.15) is 64.5 Å². The number of thiophene rings is 1. The minimum absolute atomic E-state index is 0.127. The summed E-state index contributed by atoms with van der Waals surface area (Å²) in [6, 6.07) is 8.33. The van der Waals surface area contributed by atoms with Gasteiger partial charge in [-0.25, -0.2) is 0 Å². The number of Topliss-reactive ketones (excluding diaryl/α,β-unsaturated/α-hetero) is 1. The Labute approximate surface area is 193 Å². The van der Waals surface area contributed by atoms with Gasteiger partial charge in [-0.3, -0.25) is 14.5 Å². The molecule has 3 rings (SSSR count). The standard InChI is InChI=1S/C24H32N2O2S.CO2/c1-5-26-11-10-19-21(15-26)29-20(22(19)23(25)28)13-18(27)12-16-6-8-17(9-7-16)14-24(2,3)4;2-1-3/h6-9H,5,10-15H2,1-4H3,(H2,25,28);. The Morgan fingerprint density at radius 1 is 1.09 bits per heavy atom. The fourth-order valence-electron chi connectivity index (χ4n) is 4.05. The van der Waals surface area contributed by atoms with Gasteiger partial charge in [0.2, 0.25) is 5.91 Å². The van der Waals surface area contributed by atoms with Crippen LogP contribution in [0.4, 0.5) is 0 Å². The number of rotatable bonds is 7. The van der Waals surface area contributed by atoms with E-state index in [0.717, 1.165) is 48.5 Å². The van der Waals surface area contributed by atoms with Crippen LogP contribution in [-0.2, 0) is 46.6 Å². The van der Waals surface area contributed by atoms with Crippen LogP contribution in [0.15, 0.2) is 24.3 Å². The third kappa shape index (κ3) is 7.23. The Hall–Kier alpha value is -2.60. The average Bonchev–Trinajstić information content (AvgIpc) is 3.05. The van der Waals surface area contributed by atoms with Gasteiger partial charge in [-0.2, -0.15) is 9.59 Å². The molecule has 2 N–H and O–H groups in total. The predicted molar refractivity (Wildman–Crippen MR) is 125 cm³/mol. The van der Waals surface area contributed by atoms with Gasteiger partial charge in [0, 0.05) is 35.7 Å². The number of benzene rings is 1. The summed E-state index contributed by atoms with van der Waals surface area (Å²) in [6.45, 7) is 11.6. The van der Waals surface area contributed by atoms with E-state index < -0.39 is 5.91 Å². The Morgan fingerprint density at radius 2 is 1.69 bits per heavy atom. The first-order valence-electron chi connectivity index (χ1n) is 10.8. The van der Waals surface area contributed by atoms with Crippen molar-refractivity contribution in [3.05, 3.63) is 56.3 Å². The molecule has 0 bridgehead atoms. The van der Waals surface area contributed by atoms with Crippen LogP contribution in [0, 0.1) is 5.41 Å². The zero-order chi connectivity index (χ0) is 23.9. The van der Waals surface area contributed by atoms with Crippen molar-refractivity contribution in [2.75, 3.05) is 13.1 Å². The van der Waals surface area contributed by atoms with E-state index in [-0.39, 0.29) is 23.8 Å². The van der Waals surface area contributed by atoms with Crippen LogP contribution < -0.4 is 5.73 Å². The topological polar surface area (TPSA) is 97.5 Å².